The molecule has 1 radical (unpaired) electrons. The Kier molecular flexibility index (Phi) is 14.0. The monoisotopic (exact) mass is 353 g/mol. The molecule has 0 spiro atoms. The van der Waals surface area contributed by atoms with Crippen LogP contribution in [0.4, 0.5) is 0 Å². The van der Waals surface area contributed by atoms with Crippen LogP contribution >= 0.6 is 0 Å². The standard InChI is InChI=1S/2C5H7NO4.Cu/c2*1-10-5(9)3(7)2-4(6)8;/h2*2,8H,6H2,1H3;/b2*4-2-;. The molecule has 6 N–H and O–H groups in total. The van der Waals surface area contributed by atoms with Crippen molar-refractivity contribution in [1.29, 1.82) is 0 Å². The molecule has 0 atom stereocenters. The van der Waals surface area contributed by atoms with Gasteiger partial charge in [-0.05, 0) is 0 Å². The molecule has 123 valence electrons. The van der Waals surface area contributed by atoms with Crippen molar-refractivity contribution in [3.63, 3.8) is 0 Å². The third-order valence-corrected chi connectivity index (χ3v) is 1.33. The summed E-state index contributed by atoms with van der Waals surface area (Å²) in [4.78, 5) is 41.3. The third kappa shape index (κ3) is 13.7. The van der Waals surface area contributed by atoms with E-state index in [1.807, 2.05) is 0 Å². The van der Waals surface area contributed by atoms with Crippen LogP contribution in [-0.2, 0) is 45.7 Å². The van der Waals surface area contributed by atoms with E-state index in [9.17, 15) is 19.2 Å². The van der Waals surface area contributed by atoms with E-state index in [1.54, 1.807) is 0 Å². The predicted molar refractivity (Wildman–Crippen MR) is 63.8 cm³/mol. The van der Waals surface area contributed by atoms with Crippen LogP contribution in [0.15, 0.2) is 23.9 Å². The Balaban J connectivity index is -0.000000295. The zero-order valence-corrected chi connectivity index (χ0v) is 11.9. The zero-order valence-electron chi connectivity index (χ0n) is 11.0. The first kappa shape index (κ1) is 23.6. The first-order valence-electron chi connectivity index (χ1n) is 4.72. The number of aliphatic hydroxyl groups is 2. The maximum absolute atomic E-state index is 10.4. The summed E-state index contributed by atoms with van der Waals surface area (Å²) in [7, 11) is 2.11. The molecular formula is C10H14CuN2O8. The number of ketones is 2. The summed E-state index contributed by atoms with van der Waals surface area (Å²) < 4.78 is 8.03. The fourth-order valence-corrected chi connectivity index (χ4v) is 0.588. The fourth-order valence-electron chi connectivity index (χ4n) is 0.588. The number of carbonyl (C=O) groups excluding carboxylic acids is 4. The van der Waals surface area contributed by atoms with Crippen molar-refractivity contribution in [2.24, 2.45) is 11.5 Å². The minimum atomic E-state index is -1.06. The fraction of sp³-hybridized carbons (Fsp3) is 0.200. The van der Waals surface area contributed by atoms with Gasteiger partial charge in [0.2, 0.25) is 0 Å². The second-order valence-corrected chi connectivity index (χ2v) is 2.85. The Bertz CT molecular complexity index is 408. The average molecular weight is 354 g/mol. The molecule has 0 heterocycles. The molecule has 0 aromatic rings. The van der Waals surface area contributed by atoms with Gasteiger partial charge in [0.15, 0.2) is 11.8 Å². The van der Waals surface area contributed by atoms with Crippen molar-refractivity contribution < 1.29 is 55.9 Å². The Hall–Kier alpha value is -2.52. The van der Waals surface area contributed by atoms with Crippen molar-refractivity contribution in [3.05, 3.63) is 23.9 Å². The van der Waals surface area contributed by atoms with Gasteiger partial charge in [0.1, 0.15) is 0 Å². The quantitative estimate of drug-likeness (QED) is 0.147. The van der Waals surface area contributed by atoms with E-state index in [-0.39, 0.29) is 17.1 Å². The summed E-state index contributed by atoms with van der Waals surface area (Å²) in [6.07, 6.45) is 1.15. The van der Waals surface area contributed by atoms with E-state index in [4.69, 9.17) is 10.2 Å². The topological polar surface area (TPSA) is 179 Å². The van der Waals surface area contributed by atoms with Crippen LogP contribution in [0.3, 0.4) is 0 Å². The molecule has 0 aromatic carbocycles. The number of methoxy groups -OCH3 is 2. The van der Waals surface area contributed by atoms with Crippen LogP contribution in [0, 0.1) is 0 Å². The molecule has 0 aliphatic heterocycles. The number of aliphatic hydroxyl groups excluding tert-OH is 2. The maximum atomic E-state index is 10.4. The number of hydrogen-bond acceptors (Lipinski definition) is 10. The molecule has 0 rings (SSSR count). The molecule has 0 saturated carbocycles. The Morgan fingerprint density at radius 2 is 1.05 bits per heavy atom. The largest absolute Gasteiger partial charge is 0.495 e. The van der Waals surface area contributed by atoms with Crippen LogP contribution in [0.25, 0.3) is 0 Å². The molecule has 0 aliphatic rings. The molecular weight excluding hydrogens is 340 g/mol. The molecule has 0 aromatic heterocycles. The third-order valence-electron chi connectivity index (χ3n) is 1.33. The molecule has 10 nitrogen and oxygen atoms in total. The van der Waals surface area contributed by atoms with Gasteiger partial charge in [-0.3, -0.25) is 9.59 Å². The van der Waals surface area contributed by atoms with Crippen molar-refractivity contribution in [1.82, 2.24) is 0 Å². The minimum absolute atomic E-state index is 0. The number of rotatable bonds is 4. The number of esters is 2. The van der Waals surface area contributed by atoms with E-state index in [0.29, 0.717) is 12.2 Å². The van der Waals surface area contributed by atoms with E-state index in [0.717, 1.165) is 14.2 Å². The molecule has 0 amide bonds. The van der Waals surface area contributed by atoms with Crippen molar-refractivity contribution in [3.8, 4) is 0 Å². The van der Waals surface area contributed by atoms with Gasteiger partial charge in [0.25, 0.3) is 11.6 Å². The number of hydrogen-bond donors (Lipinski definition) is 4. The summed E-state index contributed by atoms with van der Waals surface area (Å²) in [6.45, 7) is 0. The van der Waals surface area contributed by atoms with Crippen LogP contribution in [0.1, 0.15) is 0 Å². The predicted octanol–water partition coefficient (Wildman–Crippen LogP) is -1.83. The van der Waals surface area contributed by atoms with Crippen LogP contribution in [0.2, 0.25) is 0 Å². The van der Waals surface area contributed by atoms with Crippen molar-refractivity contribution in [2.75, 3.05) is 14.2 Å². The maximum Gasteiger partial charge on any atom is 0.378 e. The summed E-state index contributed by atoms with van der Waals surface area (Å²) in [5.41, 5.74) is 9.35. The van der Waals surface area contributed by atoms with Gasteiger partial charge >= 0.3 is 11.9 Å². The molecule has 0 unspecified atom stereocenters. The number of ether oxygens (including phenoxy) is 2. The van der Waals surface area contributed by atoms with Gasteiger partial charge in [-0.1, -0.05) is 0 Å². The van der Waals surface area contributed by atoms with Crippen molar-refractivity contribution >= 4 is 23.5 Å². The average Bonchev–Trinajstić information content (AvgIpc) is 2.35. The second kappa shape index (κ2) is 12.5. The van der Waals surface area contributed by atoms with Gasteiger partial charge in [0.05, 0.1) is 26.4 Å². The first-order chi connectivity index (χ1) is 9.15. The smallest absolute Gasteiger partial charge is 0.378 e. The SMILES string of the molecule is COC(=O)C(=O)/C=C(/N)O.COC(=O)C(=O)/C=C(/N)O.[Cu]. The Morgan fingerprint density at radius 1 is 0.810 bits per heavy atom. The van der Waals surface area contributed by atoms with Gasteiger partial charge in [-0.2, -0.15) is 0 Å². The minimum Gasteiger partial charge on any atom is -0.495 e. The number of carbonyl (C=O) groups is 4. The summed E-state index contributed by atoms with van der Waals surface area (Å²) >= 11 is 0. The molecule has 11 heteroatoms. The second-order valence-electron chi connectivity index (χ2n) is 2.85. The Labute approximate surface area is 129 Å². The zero-order chi connectivity index (χ0) is 16.3. The van der Waals surface area contributed by atoms with Gasteiger partial charge < -0.3 is 31.2 Å². The molecule has 0 saturated heterocycles. The molecule has 21 heavy (non-hydrogen) atoms. The van der Waals surface area contributed by atoms with Crippen LogP contribution in [-0.4, -0.2) is 47.9 Å². The van der Waals surface area contributed by atoms with E-state index in [1.165, 1.54) is 0 Å². The van der Waals surface area contributed by atoms with Crippen LogP contribution < -0.4 is 11.5 Å². The van der Waals surface area contributed by atoms with E-state index < -0.39 is 35.3 Å². The van der Waals surface area contributed by atoms with Gasteiger partial charge in [0, 0.05) is 17.1 Å². The van der Waals surface area contributed by atoms with Crippen molar-refractivity contribution in [2.45, 2.75) is 0 Å². The van der Waals surface area contributed by atoms with Crippen LogP contribution in [0.5, 0.6) is 0 Å². The number of nitrogens with two attached hydrogens (primary N) is 2. The summed E-state index contributed by atoms with van der Waals surface area (Å²) in [5.74, 6) is -5.51. The van der Waals surface area contributed by atoms with Gasteiger partial charge in [-0.25, -0.2) is 9.59 Å². The first-order valence-corrected chi connectivity index (χ1v) is 4.72. The Morgan fingerprint density at radius 3 is 1.19 bits per heavy atom. The molecule has 0 fully saturated rings. The molecule has 0 aliphatic carbocycles. The van der Waals surface area contributed by atoms with E-state index in [2.05, 4.69) is 20.9 Å². The summed E-state index contributed by atoms with van der Waals surface area (Å²) in [5, 5.41) is 16.6. The summed E-state index contributed by atoms with van der Waals surface area (Å²) in [6, 6.07) is 0. The van der Waals surface area contributed by atoms with Gasteiger partial charge in [-0.15, -0.1) is 0 Å². The molecule has 0 bridgehead atoms. The van der Waals surface area contributed by atoms with E-state index >= 15 is 0 Å². The normalized spacial score (nSPS) is 10.2.